The Kier molecular flexibility index (Phi) is 6.03. The Morgan fingerprint density at radius 1 is 1.07 bits per heavy atom. The lowest BCUT2D eigenvalue weighted by molar-refractivity contribution is -0.117. The molecule has 0 aliphatic carbocycles. The van der Waals surface area contributed by atoms with Crippen molar-refractivity contribution in [3.63, 3.8) is 0 Å². The van der Waals surface area contributed by atoms with Gasteiger partial charge in [0, 0.05) is 21.8 Å². The molecule has 0 atom stereocenters. The molecule has 0 saturated carbocycles. The molecule has 1 aromatic heterocycles. The molecule has 138 valence electrons. The summed E-state index contributed by atoms with van der Waals surface area (Å²) in [6.45, 7) is 2.31. The zero-order chi connectivity index (χ0) is 19.2. The van der Waals surface area contributed by atoms with Crippen LogP contribution in [0.15, 0.2) is 69.9 Å². The highest BCUT2D eigenvalue weighted by atomic mass is 79.9. The van der Waals surface area contributed by atoms with Gasteiger partial charge in [-0.05, 0) is 49.4 Å². The van der Waals surface area contributed by atoms with Crippen LogP contribution in [0, 0.1) is 0 Å². The molecule has 0 aliphatic heterocycles. The summed E-state index contributed by atoms with van der Waals surface area (Å²) in [5.41, 5.74) is 1.77. The van der Waals surface area contributed by atoms with Crippen LogP contribution in [0.2, 0.25) is 0 Å². The molecule has 1 N–H and O–H groups in total. The largest absolute Gasteiger partial charge is 0.494 e. The third-order valence-corrected chi connectivity index (χ3v) is 4.28. The molecule has 0 unspecified atom stereocenters. The summed E-state index contributed by atoms with van der Waals surface area (Å²) in [4.78, 5) is 24.3. The zero-order valence-electron chi connectivity index (χ0n) is 14.7. The fourth-order valence-electron chi connectivity index (χ4n) is 2.47. The lowest BCUT2D eigenvalue weighted by Gasteiger charge is -2.09. The van der Waals surface area contributed by atoms with Crippen LogP contribution in [0.25, 0.3) is 11.3 Å². The highest BCUT2D eigenvalue weighted by molar-refractivity contribution is 9.10. The molecule has 2 aromatic carbocycles. The zero-order valence-corrected chi connectivity index (χ0v) is 16.3. The van der Waals surface area contributed by atoms with Crippen LogP contribution in [0.5, 0.6) is 5.75 Å². The molecule has 0 aliphatic rings. The molecule has 3 aromatic rings. The van der Waals surface area contributed by atoms with Crippen LogP contribution in [0.1, 0.15) is 6.92 Å². The highest BCUT2D eigenvalue weighted by Gasteiger charge is 2.09. The SMILES string of the molecule is CCOc1ccc(NC(=O)Cn2nc(-c3ccc(Br)cc3)ccc2=O)cc1. The van der Waals surface area contributed by atoms with Crippen molar-refractivity contribution in [2.24, 2.45) is 0 Å². The Balaban J connectivity index is 1.72. The number of nitrogens with one attached hydrogen (secondary N) is 1. The van der Waals surface area contributed by atoms with Crippen LogP contribution in [0.4, 0.5) is 5.69 Å². The summed E-state index contributed by atoms with van der Waals surface area (Å²) >= 11 is 3.38. The number of nitrogens with zero attached hydrogens (tertiary/aromatic N) is 2. The topological polar surface area (TPSA) is 73.2 Å². The van der Waals surface area contributed by atoms with Gasteiger partial charge >= 0.3 is 0 Å². The number of amides is 1. The first-order chi connectivity index (χ1) is 13.0. The van der Waals surface area contributed by atoms with E-state index in [-0.39, 0.29) is 18.0 Å². The fraction of sp³-hybridized carbons (Fsp3) is 0.150. The second-order valence-corrected chi connectivity index (χ2v) is 6.64. The van der Waals surface area contributed by atoms with Crippen molar-refractivity contribution in [2.45, 2.75) is 13.5 Å². The summed E-state index contributed by atoms with van der Waals surface area (Å²) < 4.78 is 7.48. The Morgan fingerprint density at radius 2 is 1.78 bits per heavy atom. The molecule has 7 heteroatoms. The molecule has 0 saturated heterocycles. The molecule has 1 heterocycles. The molecular formula is C20H18BrN3O3. The third kappa shape index (κ3) is 5.04. The van der Waals surface area contributed by atoms with E-state index in [9.17, 15) is 9.59 Å². The van der Waals surface area contributed by atoms with E-state index in [0.29, 0.717) is 18.0 Å². The minimum atomic E-state index is -0.335. The van der Waals surface area contributed by atoms with Gasteiger partial charge in [0.25, 0.3) is 5.56 Å². The maximum Gasteiger partial charge on any atom is 0.267 e. The predicted molar refractivity (Wildman–Crippen MR) is 108 cm³/mol. The normalized spacial score (nSPS) is 10.4. The van der Waals surface area contributed by atoms with Gasteiger partial charge < -0.3 is 10.1 Å². The second-order valence-electron chi connectivity index (χ2n) is 5.73. The van der Waals surface area contributed by atoms with E-state index in [4.69, 9.17) is 4.74 Å². The van der Waals surface area contributed by atoms with E-state index in [1.54, 1.807) is 30.3 Å². The van der Waals surface area contributed by atoms with Crippen LogP contribution in [0.3, 0.4) is 0 Å². The number of carbonyl (C=O) groups is 1. The molecule has 0 fully saturated rings. The van der Waals surface area contributed by atoms with Crippen molar-refractivity contribution >= 4 is 27.5 Å². The first-order valence-electron chi connectivity index (χ1n) is 8.42. The molecular weight excluding hydrogens is 410 g/mol. The van der Waals surface area contributed by atoms with E-state index < -0.39 is 0 Å². The van der Waals surface area contributed by atoms with E-state index in [2.05, 4.69) is 26.3 Å². The van der Waals surface area contributed by atoms with Crippen molar-refractivity contribution in [2.75, 3.05) is 11.9 Å². The molecule has 0 radical (unpaired) electrons. The number of hydrogen-bond donors (Lipinski definition) is 1. The van der Waals surface area contributed by atoms with Crippen molar-refractivity contribution in [1.82, 2.24) is 9.78 Å². The first-order valence-corrected chi connectivity index (χ1v) is 9.21. The van der Waals surface area contributed by atoms with Crippen LogP contribution < -0.4 is 15.6 Å². The van der Waals surface area contributed by atoms with Gasteiger partial charge in [-0.2, -0.15) is 5.10 Å². The van der Waals surface area contributed by atoms with Crippen molar-refractivity contribution in [3.05, 3.63) is 75.5 Å². The van der Waals surface area contributed by atoms with Crippen molar-refractivity contribution in [3.8, 4) is 17.0 Å². The standard InChI is InChI=1S/C20H18BrN3O3/c1-2-27-17-9-7-16(8-10-17)22-19(25)13-24-20(26)12-11-18(23-24)14-3-5-15(21)6-4-14/h3-12H,2,13H2,1H3,(H,22,25). The van der Waals surface area contributed by atoms with Crippen LogP contribution in [-0.4, -0.2) is 22.3 Å². The van der Waals surface area contributed by atoms with Crippen molar-refractivity contribution in [1.29, 1.82) is 0 Å². The first kappa shape index (κ1) is 18.8. The average Bonchev–Trinajstić information content (AvgIpc) is 2.66. The highest BCUT2D eigenvalue weighted by Crippen LogP contribution is 2.19. The number of ether oxygens (including phenoxy) is 1. The van der Waals surface area contributed by atoms with Crippen LogP contribution in [-0.2, 0) is 11.3 Å². The van der Waals surface area contributed by atoms with Crippen molar-refractivity contribution < 1.29 is 9.53 Å². The summed E-state index contributed by atoms with van der Waals surface area (Å²) in [5.74, 6) is 0.400. The molecule has 0 spiro atoms. The minimum Gasteiger partial charge on any atom is -0.494 e. The Labute approximate surface area is 164 Å². The number of halogens is 1. The number of anilines is 1. The second kappa shape index (κ2) is 8.64. The Morgan fingerprint density at radius 3 is 2.44 bits per heavy atom. The maximum atomic E-state index is 12.3. The van der Waals surface area contributed by atoms with E-state index in [0.717, 1.165) is 20.5 Å². The van der Waals surface area contributed by atoms with Gasteiger partial charge in [-0.25, -0.2) is 4.68 Å². The Hall–Kier alpha value is -2.93. The maximum absolute atomic E-state index is 12.3. The molecule has 1 amide bonds. The smallest absolute Gasteiger partial charge is 0.267 e. The fourth-order valence-corrected chi connectivity index (χ4v) is 2.74. The lowest BCUT2D eigenvalue weighted by Crippen LogP contribution is -2.29. The van der Waals surface area contributed by atoms with E-state index >= 15 is 0 Å². The number of hydrogen-bond acceptors (Lipinski definition) is 4. The van der Waals surface area contributed by atoms with Gasteiger partial charge in [0.05, 0.1) is 12.3 Å². The number of rotatable bonds is 6. The summed E-state index contributed by atoms with van der Waals surface area (Å²) in [5, 5.41) is 7.05. The van der Waals surface area contributed by atoms with E-state index in [1.807, 2.05) is 31.2 Å². The third-order valence-electron chi connectivity index (χ3n) is 3.75. The molecule has 27 heavy (non-hydrogen) atoms. The lowest BCUT2D eigenvalue weighted by atomic mass is 10.1. The number of benzene rings is 2. The van der Waals surface area contributed by atoms with E-state index in [1.165, 1.54) is 6.07 Å². The van der Waals surface area contributed by atoms with Gasteiger partial charge in [-0.1, -0.05) is 28.1 Å². The van der Waals surface area contributed by atoms with Gasteiger partial charge in [0.15, 0.2) is 0 Å². The molecule has 3 rings (SSSR count). The Bertz CT molecular complexity index is 983. The summed E-state index contributed by atoms with van der Waals surface area (Å²) in [6, 6.07) is 17.7. The average molecular weight is 428 g/mol. The van der Waals surface area contributed by atoms with Gasteiger partial charge in [-0.15, -0.1) is 0 Å². The summed E-state index contributed by atoms with van der Waals surface area (Å²) in [7, 11) is 0. The minimum absolute atomic E-state index is 0.170. The quantitative estimate of drug-likeness (QED) is 0.650. The number of carbonyl (C=O) groups excluding carboxylic acids is 1. The van der Waals surface area contributed by atoms with Gasteiger partial charge in [-0.3, -0.25) is 9.59 Å². The summed E-state index contributed by atoms with van der Waals surface area (Å²) in [6.07, 6.45) is 0. The number of aromatic nitrogens is 2. The van der Waals surface area contributed by atoms with Gasteiger partial charge in [0.1, 0.15) is 12.3 Å². The van der Waals surface area contributed by atoms with Crippen LogP contribution >= 0.6 is 15.9 Å². The predicted octanol–water partition coefficient (Wildman–Crippen LogP) is 3.71. The van der Waals surface area contributed by atoms with Gasteiger partial charge in [0.2, 0.25) is 5.91 Å². The molecule has 6 nitrogen and oxygen atoms in total. The molecule has 0 bridgehead atoms. The monoisotopic (exact) mass is 427 g/mol.